The molecule has 0 spiro atoms. The largest absolute Gasteiger partial charge is 0.324 e. The molecule has 1 aromatic carbocycles. The molecule has 1 rings (SSSR count). The lowest BCUT2D eigenvalue weighted by Gasteiger charge is -2.02. The van der Waals surface area contributed by atoms with Crippen LogP contribution in [0.2, 0.25) is 0 Å². The zero-order valence-electron chi connectivity index (χ0n) is 10.0. The van der Waals surface area contributed by atoms with Crippen LogP contribution in [0.5, 0.6) is 0 Å². The van der Waals surface area contributed by atoms with Gasteiger partial charge in [0, 0.05) is 19.1 Å². The maximum Gasteiger partial charge on any atom is 0.0266 e. The third-order valence-electron chi connectivity index (χ3n) is 1.90. The summed E-state index contributed by atoms with van der Waals surface area (Å²) in [6, 6.07) is 10.2. The molecule has 2 nitrogen and oxygen atoms in total. The fourth-order valence-electron chi connectivity index (χ4n) is 1.04. The lowest BCUT2D eigenvalue weighted by atomic mass is 10.1. The minimum Gasteiger partial charge on any atom is -0.324 e. The molecule has 1 aromatic rings. The minimum atomic E-state index is 0.159. The summed E-state index contributed by atoms with van der Waals surface area (Å²) in [6.07, 6.45) is 3.65. The van der Waals surface area contributed by atoms with Gasteiger partial charge in [-0.15, -0.1) is 13.2 Å². The number of hydrogen-bond acceptors (Lipinski definition) is 2. The Bertz CT molecular complexity index is 270. The first kappa shape index (κ1) is 14.6. The van der Waals surface area contributed by atoms with Gasteiger partial charge in [0.25, 0.3) is 0 Å². The van der Waals surface area contributed by atoms with Crippen molar-refractivity contribution in [3.63, 3.8) is 0 Å². The second kappa shape index (κ2) is 10.1. The number of nitrogens with two attached hydrogens (primary N) is 1. The van der Waals surface area contributed by atoms with E-state index < -0.39 is 0 Å². The van der Waals surface area contributed by atoms with Gasteiger partial charge in [0.2, 0.25) is 0 Å². The highest BCUT2D eigenvalue weighted by Crippen LogP contribution is 2.06. The molecule has 0 bridgehead atoms. The van der Waals surface area contributed by atoms with E-state index in [1.807, 2.05) is 49.4 Å². The predicted molar refractivity (Wildman–Crippen MR) is 72.3 cm³/mol. The van der Waals surface area contributed by atoms with Crippen LogP contribution in [0.3, 0.4) is 0 Å². The molecular formula is C14H22N2. The first-order chi connectivity index (χ1) is 7.72. The monoisotopic (exact) mass is 218 g/mol. The van der Waals surface area contributed by atoms with E-state index in [1.54, 1.807) is 0 Å². The van der Waals surface area contributed by atoms with Crippen molar-refractivity contribution < 1.29 is 0 Å². The van der Waals surface area contributed by atoms with E-state index in [9.17, 15) is 0 Å². The first-order valence-electron chi connectivity index (χ1n) is 5.45. The summed E-state index contributed by atoms with van der Waals surface area (Å²) in [4.78, 5) is 0. The zero-order valence-corrected chi connectivity index (χ0v) is 10.0. The van der Waals surface area contributed by atoms with Gasteiger partial charge in [-0.3, -0.25) is 0 Å². The fraction of sp³-hybridized carbons (Fsp3) is 0.286. The Morgan fingerprint density at radius 2 is 1.69 bits per heavy atom. The van der Waals surface area contributed by atoms with Crippen molar-refractivity contribution in [2.24, 2.45) is 5.73 Å². The van der Waals surface area contributed by atoms with Gasteiger partial charge >= 0.3 is 0 Å². The molecule has 0 heterocycles. The average Bonchev–Trinajstić information content (AvgIpc) is 2.32. The van der Waals surface area contributed by atoms with E-state index in [4.69, 9.17) is 5.73 Å². The van der Waals surface area contributed by atoms with Gasteiger partial charge in [0.15, 0.2) is 0 Å². The van der Waals surface area contributed by atoms with Crippen molar-refractivity contribution in [2.75, 3.05) is 13.1 Å². The second-order valence-electron chi connectivity index (χ2n) is 3.43. The van der Waals surface area contributed by atoms with Crippen LogP contribution in [0.1, 0.15) is 18.5 Å². The van der Waals surface area contributed by atoms with E-state index in [1.165, 1.54) is 5.56 Å². The third-order valence-corrected chi connectivity index (χ3v) is 1.90. The Kier molecular flexibility index (Phi) is 9.27. The molecule has 0 aliphatic rings. The maximum absolute atomic E-state index is 5.61. The summed E-state index contributed by atoms with van der Waals surface area (Å²) in [6.45, 7) is 10.8. The number of benzene rings is 1. The van der Waals surface area contributed by atoms with Gasteiger partial charge in [-0.2, -0.15) is 0 Å². The fourth-order valence-corrected chi connectivity index (χ4v) is 1.04. The molecule has 88 valence electrons. The third kappa shape index (κ3) is 7.97. The predicted octanol–water partition coefficient (Wildman–Crippen LogP) is 2.65. The first-order valence-corrected chi connectivity index (χ1v) is 5.45. The second-order valence-corrected chi connectivity index (χ2v) is 3.43. The van der Waals surface area contributed by atoms with E-state index >= 15 is 0 Å². The summed E-state index contributed by atoms with van der Waals surface area (Å²) in [7, 11) is 0. The van der Waals surface area contributed by atoms with Crippen LogP contribution in [-0.2, 0) is 0 Å². The Morgan fingerprint density at radius 1 is 1.19 bits per heavy atom. The van der Waals surface area contributed by atoms with E-state index in [0.717, 1.165) is 13.1 Å². The molecule has 16 heavy (non-hydrogen) atoms. The van der Waals surface area contributed by atoms with E-state index in [0.29, 0.717) is 0 Å². The molecular weight excluding hydrogens is 196 g/mol. The molecule has 3 N–H and O–H groups in total. The molecule has 2 heteroatoms. The lowest BCUT2D eigenvalue weighted by molar-refractivity contribution is 0.818. The average molecular weight is 218 g/mol. The zero-order chi connectivity index (χ0) is 12.2. The quantitative estimate of drug-likeness (QED) is 0.589. The summed E-state index contributed by atoms with van der Waals surface area (Å²) in [5.74, 6) is 0. The molecule has 0 aliphatic heterocycles. The SMILES string of the molecule is C=CCNCC=C.CC(N)c1ccccc1. The molecule has 1 unspecified atom stereocenters. The van der Waals surface area contributed by atoms with Gasteiger partial charge < -0.3 is 11.1 Å². The van der Waals surface area contributed by atoms with Gasteiger partial charge in [-0.1, -0.05) is 42.5 Å². The Hall–Kier alpha value is -1.38. The highest BCUT2D eigenvalue weighted by molar-refractivity contribution is 5.17. The minimum absolute atomic E-state index is 0.159. The van der Waals surface area contributed by atoms with Crippen LogP contribution >= 0.6 is 0 Å². The molecule has 0 radical (unpaired) electrons. The van der Waals surface area contributed by atoms with Crippen molar-refractivity contribution in [1.29, 1.82) is 0 Å². The molecule has 0 aromatic heterocycles. The molecule has 0 aliphatic carbocycles. The topological polar surface area (TPSA) is 38.0 Å². The smallest absolute Gasteiger partial charge is 0.0266 e. The molecule has 0 saturated carbocycles. The molecule has 0 amide bonds. The Balaban J connectivity index is 0.000000293. The van der Waals surface area contributed by atoms with Crippen LogP contribution in [0.25, 0.3) is 0 Å². The van der Waals surface area contributed by atoms with Crippen molar-refractivity contribution in [3.8, 4) is 0 Å². The van der Waals surface area contributed by atoms with Crippen molar-refractivity contribution in [1.82, 2.24) is 5.32 Å². The van der Waals surface area contributed by atoms with Crippen molar-refractivity contribution in [2.45, 2.75) is 13.0 Å². The van der Waals surface area contributed by atoms with Gasteiger partial charge in [-0.05, 0) is 12.5 Å². The van der Waals surface area contributed by atoms with E-state index in [-0.39, 0.29) is 6.04 Å². The summed E-state index contributed by atoms with van der Waals surface area (Å²) < 4.78 is 0. The number of hydrogen-bond donors (Lipinski definition) is 2. The van der Waals surface area contributed by atoms with Crippen LogP contribution in [0.15, 0.2) is 55.6 Å². The van der Waals surface area contributed by atoms with Crippen molar-refractivity contribution >= 4 is 0 Å². The summed E-state index contributed by atoms with van der Waals surface area (Å²) >= 11 is 0. The van der Waals surface area contributed by atoms with Crippen LogP contribution in [-0.4, -0.2) is 13.1 Å². The summed E-state index contributed by atoms with van der Waals surface area (Å²) in [5.41, 5.74) is 6.81. The molecule has 0 fully saturated rings. The van der Waals surface area contributed by atoms with Gasteiger partial charge in [0.1, 0.15) is 0 Å². The lowest BCUT2D eigenvalue weighted by Crippen LogP contribution is -2.11. The Labute approximate surface area is 98.9 Å². The van der Waals surface area contributed by atoms with Crippen LogP contribution in [0.4, 0.5) is 0 Å². The van der Waals surface area contributed by atoms with Gasteiger partial charge in [-0.25, -0.2) is 0 Å². The number of rotatable bonds is 5. The van der Waals surface area contributed by atoms with Crippen LogP contribution < -0.4 is 11.1 Å². The van der Waals surface area contributed by atoms with Crippen molar-refractivity contribution in [3.05, 3.63) is 61.2 Å². The van der Waals surface area contributed by atoms with Crippen LogP contribution in [0, 0.1) is 0 Å². The Morgan fingerprint density at radius 3 is 2.00 bits per heavy atom. The standard InChI is InChI=1S/C8H11N.C6H11N/c1-7(9)8-5-3-2-4-6-8;1-3-5-7-6-4-2/h2-7H,9H2,1H3;3-4,7H,1-2,5-6H2. The highest BCUT2D eigenvalue weighted by Gasteiger charge is 1.93. The maximum atomic E-state index is 5.61. The van der Waals surface area contributed by atoms with Gasteiger partial charge in [0.05, 0.1) is 0 Å². The highest BCUT2D eigenvalue weighted by atomic mass is 14.8. The van der Waals surface area contributed by atoms with E-state index in [2.05, 4.69) is 18.5 Å². The summed E-state index contributed by atoms with van der Waals surface area (Å²) in [5, 5.41) is 3.05. The normalized spacial score (nSPS) is 10.9. The molecule has 0 saturated heterocycles. The number of nitrogens with one attached hydrogen (secondary N) is 1. The molecule has 1 atom stereocenters.